The van der Waals surface area contributed by atoms with Crippen molar-refractivity contribution in [3.05, 3.63) is 43.9 Å². The van der Waals surface area contributed by atoms with Crippen LogP contribution in [0.1, 0.15) is 11.7 Å². The molecular formula is C8H7Cl2NO3. The van der Waals surface area contributed by atoms with Crippen molar-refractivity contribution in [3.63, 3.8) is 0 Å². The van der Waals surface area contributed by atoms with E-state index in [2.05, 4.69) is 0 Å². The first-order chi connectivity index (χ1) is 6.50. The molecule has 0 spiro atoms. The maximum atomic E-state index is 10.1. The van der Waals surface area contributed by atoms with Gasteiger partial charge in [0.1, 0.15) is 6.10 Å². The predicted molar refractivity (Wildman–Crippen MR) is 53.3 cm³/mol. The third kappa shape index (κ3) is 2.83. The van der Waals surface area contributed by atoms with E-state index in [4.69, 9.17) is 23.2 Å². The number of benzene rings is 1. The van der Waals surface area contributed by atoms with E-state index in [1.54, 1.807) is 0 Å². The lowest BCUT2D eigenvalue weighted by Gasteiger charge is -2.08. The molecule has 1 aromatic rings. The lowest BCUT2D eigenvalue weighted by atomic mass is 10.1. The second kappa shape index (κ2) is 4.59. The quantitative estimate of drug-likeness (QED) is 0.646. The zero-order chi connectivity index (χ0) is 10.7. The summed E-state index contributed by atoms with van der Waals surface area (Å²) < 4.78 is 0. The van der Waals surface area contributed by atoms with Crippen molar-refractivity contribution >= 4 is 23.2 Å². The molecule has 0 fully saturated rings. The second-order valence-corrected chi connectivity index (χ2v) is 3.54. The van der Waals surface area contributed by atoms with Crippen LogP contribution in [0.25, 0.3) is 0 Å². The Morgan fingerprint density at radius 2 is 2.14 bits per heavy atom. The highest BCUT2D eigenvalue weighted by Crippen LogP contribution is 2.26. The van der Waals surface area contributed by atoms with Crippen molar-refractivity contribution in [3.8, 4) is 0 Å². The predicted octanol–water partition coefficient (Wildman–Crippen LogP) is 2.30. The van der Waals surface area contributed by atoms with Crippen LogP contribution >= 0.6 is 23.2 Å². The molecule has 1 rings (SSSR count). The van der Waals surface area contributed by atoms with Crippen LogP contribution in [0.5, 0.6) is 0 Å². The maximum Gasteiger partial charge on any atom is 0.233 e. The number of nitro groups is 1. The Hall–Kier alpha value is -0.840. The molecular weight excluding hydrogens is 229 g/mol. The summed E-state index contributed by atoms with van der Waals surface area (Å²) >= 11 is 11.4. The van der Waals surface area contributed by atoms with Crippen molar-refractivity contribution in [1.29, 1.82) is 0 Å². The Labute approximate surface area is 90.2 Å². The van der Waals surface area contributed by atoms with Gasteiger partial charge in [-0.05, 0) is 12.1 Å². The van der Waals surface area contributed by atoms with E-state index in [0.717, 1.165) is 0 Å². The molecule has 0 radical (unpaired) electrons. The Morgan fingerprint density at radius 1 is 1.50 bits per heavy atom. The monoisotopic (exact) mass is 235 g/mol. The number of rotatable bonds is 3. The summed E-state index contributed by atoms with van der Waals surface area (Å²) in [4.78, 5) is 9.54. The largest absolute Gasteiger partial charge is 0.381 e. The molecule has 1 atom stereocenters. The molecule has 0 bridgehead atoms. The van der Waals surface area contributed by atoms with Gasteiger partial charge in [-0.2, -0.15) is 0 Å². The van der Waals surface area contributed by atoms with E-state index in [1.165, 1.54) is 18.2 Å². The van der Waals surface area contributed by atoms with Gasteiger partial charge < -0.3 is 5.11 Å². The number of hydrogen-bond acceptors (Lipinski definition) is 3. The number of aliphatic hydroxyl groups is 1. The topological polar surface area (TPSA) is 63.4 Å². The maximum absolute atomic E-state index is 10.1. The highest BCUT2D eigenvalue weighted by atomic mass is 35.5. The third-order valence-electron chi connectivity index (χ3n) is 1.64. The van der Waals surface area contributed by atoms with E-state index in [9.17, 15) is 15.2 Å². The molecule has 0 unspecified atom stereocenters. The molecule has 1 N–H and O–H groups in total. The van der Waals surface area contributed by atoms with Gasteiger partial charge in [0.15, 0.2) is 0 Å². The van der Waals surface area contributed by atoms with Crippen LogP contribution in [-0.2, 0) is 0 Å². The summed E-state index contributed by atoms with van der Waals surface area (Å²) in [6.07, 6.45) is -1.20. The fourth-order valence-corrected chi connectivity index (χ4v) is 1.55. The minimum atomic E-state index is -1.20. The summed E-state index contributed by atoms with van der Waals surface area (Å²) in [5, 5.41) is 20.2. The molecule has 0 aliphatic heterocycles. The van der Waals surface area contributed by atoms with Gasteiger partial charge >= 0.3 is 0 Å². The summed E-state index contributed by atoms with van der Waals surface area (Å²) in [5.74, 6) is 0. The summed E-state index contributed by atoms with van der Waals surface area (Å²) in [6.45, 7) is -0.568. The van der Waals surface area contributed by atoms with Gasteiger partial charge in [0.25, 0.3) is 0 Å². The van der Waals surface area contributed by atoms with Gasteiger partial charge in [0.05, 0.1) is 0 Å². The first-order valence-electron chi connectivity index (χ1n) is 3.75. The van der Waals surface area contributed by atoms with E-state index >= 15 is 0 Å². The molecule has 4 nitrogen and oxygen atoms in total. The van der Waals surface area contributed by atoms with Crippen LogP contribution in [0.2, 0.25) is 10.0 Å². The fraction of sp³-hybridized carbons (Fsp3) is 0.250. The van der Waals surface area contributed by atoms with Crippen molar-refractivity contribution in [2.45, 2.75) is 6.10 Å². The molecule has 0 heterocycles. The zero-order valence-electron chi connectivity index (χ0n) is 6.98. The minimum Gasteiger partial charge on any atom is -0.381 e. The molecule has 0 aliphatic carbocycles. The Bertz CT molecular complexity index is 356. The van der Waals surface area contributed by atoms with E-state index < -0.39 is 17.6 Å². The van der Waals surface area contributed by atoms with Crippen LogP contribution in [0.3, 0.4) is 0 Å². The molecule has 1 aromatic carbocycles. The lowest BCUT2D eigenvalue weighted by Crippen LogP contribution is -2.12. The first kappa shape index (κ1) is 11.2. The molecule has 0 saturated carbocycles. The van der Waals surface area contributed by atoms with Crippen LogP contribution in [0.4, 0.5) is 0 Å². The Morgan fingerprint density at radius 3 is 2.64 bits per heavy atom. The summed E-state index contributed by atoms with van der Waals surface area (Å²) in [6, 6.07) is 4.42. The SMILES string of the molecule is O=[N+]([O-])C[C@H](O)c1ccc(Cl)cc1Cl. The normalized spacial score (nSPS) is 12.5. The Kier molecular flexibility index (Phi) is 3.69. The molecule has 0 aromatic heterocycles. The lowest BCUT2D eigenvalue weighted by molar-refractivity contribution is -0.491. The van der Waals surface area contributed by atoms with Gasteiger partial charge in [0.2, 0.25) is 6.54 Å². The molecule has 76 valence electrons. The third-order valence-corrected chi connectivity index (χ3v) is 2.21. The van der Waals surface area contributed by atoms with E-state index in [0.29, 0.717) is 10.6 Å². The van der Waals surface area contributed by atoms with Gasteiger partial charge in [0, 0.05) is 20.5 Å². The molecule has 0 saturated heterocycles. The molecule has 0 amide bonds. The molecule has 6 heteroatoms. The smallest absolute Gasteiger partial charge is 0.233 e. The van der Waals surface area contributed by atoms with Crippen molar-refractivity contribution < 1.29 is 10.0 Å². The number of aliphatic hydroxyl groups excluding tert-OH is 1. The van der Waals surface area contributed by atoms with E-state index in [1.807, 2.05) is 0 Å². The van der Waals surface area contributed by atoms with Crippen LogP contribution in [0, 0.1) is 10.1 Å². The average Bonchev–Trinajstić information content (AvgIpc) is 2.01. The van der Waals surface area contributed by atoms with Gasteiger partial charge in [-0.3, -0.25) is 10.1 Å². The Balaban J connectivity index is 2.90. The number of nitrogens with zero attached hydrogens (tertiary/aromatic N) is 1. The van der Waals surface area contributed by atoms with E-state index in [-0.39, 0.29) is 5.02 Å². The zero-order valence-corrected chi connectivity index (χ0v) is 8.50. The van der Waals surface area contributed by atoms with Crippen LogP contribution in [-0.4, -0.2) is 16.6 Å². The fourth-order valence-electron chi connectivity index (χ4n) is 1.01. The highest BCUT2D eigenvalue weighted by Gasteiger charge is 2.16. The van der Waals surface area contributed by atoms with Crippen molar-refractivity contribution in [1.82, 2.24) is 0 Å². The molecule has 0 aliphatic rings. The van der Waals surface area contributed by atoms with Crippen LogP contribution < -0.4 is 0 Å². The van der Waals surface area contributed by atoms with Crippen LogP contribution in [0.15, 0.2) is 18.2 Å². The van der Waals surface area contributed by atoms with Crippen molar-refractivity contribution in [2.75, 3.05) is 6.54 Å². The summed E-state index contributed by atoms with van der Waals surface area (Å²) in [7, 11) is 0. The number of halogens is 2. The first-order valence-corrected chi connectivity index (χ1v) is 4.51. The second-order valence-electron chi connectivity index (χ2n) is 2.70. The molecule has 14 heavy (non-hydrogen) atoms. The number of hydrogen-bond donors (Lipinski definition) is 1. The highest BCUT2D eigenvalue weighted by molar-refractivity contribution is 6.35. The minimum absolute atomic E-state index is 0.229. The standard InChI is InChI=1S/C8H7Cl2NO3/c9-5-1-2-6(7(10)3-5)8(12)4-11(13)14/h1-3,8,12H,4H2/t8-/m0/s1. The van der Waals surface area contributed by atoms with Gasteiger partial charge in [-0.15, -0.1) is 0 Å². The average molecular weight is 236 g/mol. The van der Waals surface area contributed by atoms with Gasteiger partial charge in [-0.1, -0.05) is 29.3 Å². The van der Waals surface area contributed by atoms with Crippen molar-refractivity contribution in [2.24, 2.45) is 0 Å². The summed E-state index contributed by atoms with van der Waals surface area (Å²) in [5.41, 5.74) is 0.313. The van der Waals surface area contributed by atoms with Gasteiger partial charge in [-0.25, -0.2) is 0 Å².